The molecule has 1 saturated heterocycles. The summed E-state index contributed by atoms with van der Waals surface area (Å²) in [7, 11) is 0. The quantitative estimate of drug-likeness (QED) is 0.720. The van der Waals surface area contributed by atoms with Crippen LogP contribution in [0.3, 0.4) is 0 Å². The van der Waals surface area contributed by atoms with Gasteiger partial charge < -0.3 is 9.64 Å². The summed E-state index contributed by atoms with van der Waals surface area (Å²) in [6.45, 7) is 9.35. The Balaban J connectivity index is 1.94. The molecule has 1 heterocycles. The lowest BCUT2D eigenvalue weighted by Gasteiger charge is -2.33. The number of amides is 1. The van der Waals surface area contributed by atoms with Gasteiger partial charge in [0.25, 0.3) is 0 Å². The highest BCUT2D eigenvalue weighted by atomic mass is 79.9. The predicted octanol–water partition coefficient (Wildman–Crippen LogP) is 4.87. The van der Waals surface area contributed by atoms with Crippen LogP contribution in [0, 0.1) is 6.92 Å². The van der Waals surface area contributed by atoms with Gasteiger partial charge in [-0.05, 0) is 63.6 Å². The Kier molecular flexibility index (Phi) is 4.97. The Bertz CT molecular complexity index is 514. The van der Waals surface area contributed by atoms with E-state index < -0.39 is 5.60 Å². The third-order valence-corrected chi connectivity index (χ3v) is 4.67. The van der Waals surface area contributed by atoms with E-state index >= 15 is 0 Å². The molecule has 0 spiro atoms. The maximum absolute atomic E-state index is 12.1. The summed E-state index contributed by atoms with van der Waals surface area (Å²) in [6.07, 6.45) is 1.80. The highest BCUT2D eigenvalue weighted by Crippen LogP contribution is 2.31. The van der Waals surface area contributed by atoms with E-state index in [0.717, 1.165) is 30.4 Å². The molecular formula is C17H24BrNO2. The fraction of sp³-hybridized carbons (Fsp3) is 0.588. The highest BCUT2D eigenvalue weighted by Gasteiger charge is 2.27. The number of ether oxygens (including phenoxy) is 1. The van der Waals surface area contributed by atoms with Crippen LogP contribution in [0.2, 0.25) is 0 Å². The van der Waals surface area contributed by atoms with E-state index in [-0.39, 0.29) is 6.09 Å². The minimum Gasteiger partial charge on any atom is -0.444 e. The van der Waals surface area contributed by atoms with Crippen molar-refractivity contribution in [3.63, 3.8) is 0 Å². The van der Waals surface area contributed by atoms with Gasteiger partial charge in [0.05, 0.1) is 0 Å². The lowest BCUT2D eigenvalue weighted by molar-refractivity contribution is 0.0205. The largest absolute Gasteiger partial charge is 0.444 e. The van der Waals surface area contributed by atoms with Crippen molar-refractivity contribution in [2.45, 2.75) is 52.1 Å². The Morgan fingerprint density at radius 2 is 1.90 bits per heavy atom. The van der Waals surface area contributed by atoms with E-state index in [2.05, 4.69) is 41.1 Å². The summed E-state index contributed by atoms with van der Waals surface area (Å²) in [6, 6.07) is 6.57. The number of likely N-dealkylation sites (tertiary alicyclic amines) is 1. The van der Waals surface area contributed by atoms with Crippen LogP contribution in [0.1, 0.15) is 50.7 Å². The van der Waals surface area contributed by atoms with Crippen molar-refractivity contribution in [1.82, 2.24) is 4.90 Å². The van der Waals surface area contributed by atoms with E-state index in [9.17, 15) is 4.79 Å². The van der Waals surface area contributed by atoms with Crippen LogP contribution in [0.4, 0.5) is 4.79 Å². The molecule has 0 atom stereocenters. The number of carbonyl (C=O) groups is 1. The third-order valence-electron chi connectivity index (χ3n) is 3.81. The van der Waals surface area contributed by atoms with Crippen molar-refractivity contribution >= 4 is 22.0 Å². The topological polar surface area (TPSA) is 29.5 Å². The molecule has 4 heteroatoms. The van der Waals surface area contributed by atoms with Gasteiger partial charge in [0.2, 0.25) is 0 Å². The summed E-state index contributed by atoms with van der Waals surface area (Å²) in [5.41, 5.74) is 2.19. The molecule has 1 aromatic carbocycles. The average molecular weight is 354 g/mol. The number of benzene rings is 1. The average Bonchev–Trinajstić information content (AvgIpc) is 2.40. The standard InChI is InChI=1S/C17H24BrNO2/c1-12-5-6-14(11-15(12)18)13-7-9-19(10-8-13)16(20)21-17(2,3)4/h5-6,11,13H,7-10H2,1-4H3. The van der Waals surface area contributed by atoms with Gasteiger partial charge in [-0.15, -0.1) is 0 Å². The number of carbonyl (C=O) groups excluding carboxylic acids is 1. The Labute approximate surface area is 135 Å². The number of piperidine rings is 1. The van der Waals surface area contributed by atoms with Gasteiger partial charge in [-0.2, -0.15) is 0 Å². The Morgan fingerprint density at radius 1 is 1.29 bits per heavy atom. The van der Waals surface area contributed by atoms with Crippen molar-refractivity contribution in [2.75, 3.05) is 13.1 Å². The second-order valence-corrected chi connectivity index (χ2v) is 7.60. The second-order valence-electron chi connectivity index (χ2n) is 6.75. The first-order valence-electron chi connectivity index (χ1n) is 7.50. The fourth-order valence-corrected chi connectivity index (χ4v) is 2.98. The molecule has 1 amide bonds. The van der Waals surface area contributed by atoms with Gasteiger partial charge in [-0.25, -0.2) is 4.79 Å². The maximum Gasteiger partial charge on any atom is 0.410 e. The minimum absolute atomic E-state index is 0.189. The molecular weight excluding hydrogens is 330 g/mol. The molecule has 0 unspecified atom stereocenters. The normalized spacial score (nSPS) is 16.9. The van der Waals surface area contributed by atoms with Crippen molar-refractivity contribution in [2.24, 2.45) is 0 Å². The maximum atomic E-state index is 12.1. The second kappa shape index (κ2) is 6.39. The van der Waals surface area contributed by atoms with Crippen LogP contribution >= 0.6 is 15.9 Å². The molecule has 0 aromatic heterocycles. The molecule has 0 radical (unpaired) electrons. The molecule has 1 aromatic rings. The molecule has 21 heavy (non-hydrogen) atoms. The Hall–Kier alpha value is -1.03. The smallest absolute Gasteiger partial charge is 0.410 e. The zero-order valence-electron chi connectivity index (χ0n) is 13.3. The zero-order valence-corrected chi connectivity index (χ0v) is 14.9. The summed E-state index contributed by atoms with van der Waals surface area (Å²) in [5, 5.41) is 0. The molecule has 2 rings (SSSR count). The number of aryl methyl sites for hydroxylation is 1. The molecule has 0 N–H and O–H groups in total. The summed E-state index contributed by atoms with van der Waals surface area (Å²) in [4.78, 5) is 13.9. The van der Waals surface area contributed by atoms with E-state index in [1.54, 1.807) is 0 Å². The summed E-state index contributed by atoms with van der Waals surface area (Å²) >= 11 is 3.60. The van der Waals surface area contributed by atoms with Gasteiger partial charge in [-0.1, -0.05) is 28.1 Å². The van der Waals surface area contributed by atoms with Gasteiger partial charge in [0.1, 0.15) is 5.60 Å². The number of rotatable bonds is 1. The third kappa shape index (κ3) is 4.47. The number of hydrogen-bond donors (Lipinski definition) is 0. The van der Waals surface area contributed by atoms with E-state index in [1.807, 2.05) is 25.7 Å². The van der Waals surface area contributed by atoms with Gasteiger partial charge >= 0.3 is 6.09 Å². The van der Waals surface area contributed by atoms with Gasteiger partial charge in [0.15, 0.2) is 0 Å². The first-order valence-corrected chi connectivity index (χ1v) is 8.29. The van der Waals surface area contributed by atoms with E-state index in [1.165, 1.54) is 11.1 Å². The minimum atomic E-state index is -0.421. The lowest BCUT2D eigenvalue weighted by atomic mass is 9.89. The Morgan fingerprint density at radius 3 is 2.43 bits per heavy atom. The lowest BCUT2D eigenvalue weighted by Crippen LogP contribution is -2.41. The molecule has 3 nitrogen and oxygen atoms in total. The van der Waals surface area contributed by atoms with Crippen LogP contribution in [0.5, 0.6) is 0 Å². The zero-order chi connectivity index (χ0) is 15.6. The number of halogens is 1. The highest BCUT2D eigenvalue weighted by molar-refractivity contribution is 9.10. The molecule has 0 aliphatic carbocycles. The number of hydrogen-bond acceptors (Lipinski definition) is 2. The van der Waals surface area contributed by atoms with Crippen LogP contribution in [-0.2, 0) is 4.74 Å². The molecule has 1 aliphatic rings. The van der Waals surface area contributed by atoms with Crippen molar-refractivity contribution in [3.8, 4) is 0 Å². The fourth-order valence-electron chi connectivity index (χ4n) is 2.58. The van der Waals surface area contributed by atoms with Crippen LogP contribution in [0.25, 0.3) is 0 Å². The van der Waals surface area contributed by atoms with Crippen molar-refractivity contribution < 1.29 is 9.53 Å². The molecule has 0 saturated carbocycles. The molecule has 1 fully saturated rings. The van der Waals surface area contributed by atoms with Crippen molar-refractivity contribution in [1.29, 1.82) is 0 Å². The molecule has 1 aliphatic heterocycles. The summed E-state index contributed by atoms with van der Waals surface area (Å²) < 4.78 is 6.59. The monoisotopic (exact) mass is 353 g/mol. The summed E-state index contributed by atoms with van der Waals surface area (Å²) in [5.74, 6) is 0.528. The van der Waals surface area contributed by atoms with Crippen LogP contribution in [0.15, 0.2) is 22.7 Å². The van der Waals surface area contributed by atoms with Crippen LogP contribution in [-0.4, -0.2) is 29.7 Å². The van der Waals surface area contributed by atoms with Crippen LogP contribution < -0.4 is 0 Å². The first-order chi connectivity index (χ1) is 9.76. The van der Waals surface area contributed by atoms with Gasteiger partial charge in [-0.3, -0.25) is 0 Å². The molecule has 116 valence electrons. The van der Waals surface area contributed by atoms with Crippen molar-refractivity contribution in [3.05, 3.63) is 33.8 Å². The number of nitrogens with zero attached hydrogens (tertiary/aromatic N) is 1. The molecule has 0 bridgehead atoms. The first kappa shape index (κ1) is 16.3. The van der Waals surface area contributed by atoms with Gasteiger partial charge in [0, 0.05) is 17.6 Å². The predicted molar refractivity (Wildman–Crippen MR) is 88.7 cm³/mol. The van der Waals surface area contributed by atoms with E-state index in [4.69, 9.17) is 4.74 Å². The SMILES string of the molecule is Cc1ccc(C2CCN(C(=O)OC(C)(C)C)CC2)cc1Br. The van der Waals surface area contributed by atoms with E-state index in [0.29, 0.717) is 5.92 Å².